The van der Waals surface area contributed by atoms with Gasteiger partial charge in [-0.25, -0.2) is 4.98 Å². The van der Waals surface area contributed by atoms with E-state index in [9.17, 15) is 0 Å². The van der Waals surface area contributed by atoms with E-state index in [1.165, 1.54) is 31.3 Å². The van der Waals surface area contributed by atoms with Crippen molar-refractivity contribution in [3.63, 3.8) is 0 Å². The fourth-order valence-corrected chi connectivity index (χ4v) is 5.36. The molecular formula is C41H56N6. The molecule has 0 spiro atoms. The molecule has 0 atom stereocenters. The molecule has 2 N–H and O–H groups in total. The van der Waals surface area contributed by atoms with E-state index in [2.05, 4.69) is 115 Å². The molecule has 0 unspecified atom stereocenters. The number of rotatable bonds is 20. The van der Waals surface area contributed by atoms with Crippen LogP contribution in [-0.2, 0) is 0 Å². The van der Waals surface area contributed by atoms with Crippen LogP contribution in [0.4, 0.5) is 17.2 Å². The highest BCUT2D eigenvalue weighted by atomic mass is 15.2. The summed E-state index contributed by atoms with van der Waals surface area (Å²) in [5.74, 6) is 1.73. The minimum atomic E-state index is 0.630. The highest BCUT2D eigenvalue weighted by Gasteiger charge is 2.15. The first-order valence-electron chi connectivity index (χ1n) is 17.2. The van der Waals surface area contributed by atoms with E-state index < -0.39 is 0 Å². The topological polar surface area (TPSA) is 64.9 Å². The lowest BCUT2D eigenvalue weighted by Gasteiger charge is -2.27. The van der Waals surface area contributed by atoms with Gasteiger partial charge in [-0.2, -0.15) is 0 Å². The molecule has 0 amide bonds. The van der Waals surface area contributed by atoms with Crippen LogP contribution in [0.5, 0.6) is 0 Å². The van der Waals surface area contributed by atoms with Gasteiger partial charge in [0.25, 0.3) is 0 Å². The van der Waals surface area contributed by atoms with Crippen molar-refractivity contribution in [1.82, 2.24) is 10.3 Å². The van der Waals surface area contributed by atoms with Crippen LogP contribution in [0.25, 0.3) is 5.70 Å². The fourth-order valence-electron chi connectivity index (χ4n) is 5.36. The van der Waals surface area contributed by atoms with Gasteiger partial charge in [0, 0.05) is 48.1 Å². The van der Waals surface area contributed by atoms with Crippen LogP contribution in [-0.4, -0.2) is 36.7 Å². The molecule has 2 aromatic carbocycles. The monoisotopic (exact) mass is 632 g/mol. The maximum absolute atomic E-state index is 5.01. The maximum atomic E-state index is 5.01. The Morgan fingerprint density at radius 1 is 0.851 bits per heavy atom. The van der Waals surface area contributed by atoms with Gasteiger partial charge in [-0.1, -0.05) is 89.5 Å². The Hall–Kier alpha value is -4.45. The number of aliphatic imine (C=N–C) groups is 2. The summed E-state index contributed by atoms with van der Waals surface area (Å²) in [5.41, 5.74) is 9.31. The van der Waals surface area contributed by atoms with Gasteiger partial charge in [0.15, 0.2) is 0 Å². The quantitative estimate of drug-likeness (QED) is 0.0563. The average molecular weight is 633 g/mol. The Labute approximate surface area is 284 Å². The molecule has 0 aliphatic heterocycles. The molecule has 1 heterocycles. The number of pyridine rings is 1. The molecule has 3 rings (SSSR count). The van der Waals surface area contributed by atoms with Crippen molar-refractivity contribution in [3.05, 3.63) is 115 Å². The van der Waals surface area contributed by atoms with Crippen molar-refractivity contribution in [2.24, 2.45) is 9.98 Å². The van der Waals surface area contributed by atoms with Crippen LogP contribution in [0, 0.1) is 6.92 Å². The minimum Gasteiger partial charge on any atom is -0.380 e. The van der Waals surface area contributed by atoms with Gasteiger partial charge in [0.1, 0.15) is 11.7 Å². The minimum absolute atomic E-state index is 0.630. The summed E-state index contributed by atoms with van der Waals surface area (Å²) in [7, 11) is 1.82. The van der Waals surface area contributed by atoms with E-state index in [-0.39, 0.29) is 0 Å². The first-order chi connectivity index (χ1) is 22.7. The number of aromatic nitrogens is 1. The van der Waals surface area contributed by atoms with Gasteiger partial charge in [0.2, 0.25) is 0 Å². The Balaban J connectivity index is 1.64. The Kier molecular flexibility index (Phi) is 15.7. The standard InChI is InChI=1S/C41H56N6/c1-9-11-12-13-14-18-33(5)46-41(42-8)36-22-24-38(25-23-36)44-30-34(6)45-39-29-37(21-20-32(39)4)35(7)47(28-26-31(3)17-10-2)40-19-15-16-27-43-40/h15-16,19-25,27,29,44H,3,5,7,9-14,17-18,26,28,30H2,1-2,4,6,8H3,(H,42,46). The fraction of sp³-hybridized carbons (Fsp3) is 0.390. The van der Waals surface area contributed by atoms with E-state index in [1.807, 2.05) is 31.4 Å². The van der Waals surface area contributed by atoms with Crippen LogP contribution >= 0.6 is 0 Å². The van der Waals surface area contributed by atoms with Crippen molar-refractivity contribution >= 4 is 34.4 Å². The number of nitrogens with zero attached hydrogens (tertiary/aromatic N) is 4. The number of unbranched alkanes of at least 4 members (excludes halogenated alkanes) is 4. The molecule has 6 heteroatoms. The highest BCUT2D eigenvalue weighted by molar-refractivity contribution is 6.00. The summed E-state index contributed by atoms with van der Waals surface area (Å²) < 4.78 is 0. The second-order valence-electron chi connectivity index (χ2n) is 12.3. The zero-order valence-electron chi connectivity index (χ0n) is 29.5. The lowest BCUT2D eigenvalue weighted by molar-refractivity contribution is 0.626. The van der Waals surface area contributed by atoms with Crippen molar-refractivity contribution in [3.8, 4) is 0 Å². The Morgan fingerprint density at radius 2 is 1.60 bits per heavy atom. The smallest absolute Gasteiger partial charge is 0.132 e. The second kappa shape index (κ2) is 19.9. The first kappa shape index (κ1) is 37.0. The summed E-state index contributed by atoms with van der Waals surface area (Å²) in [6.07, 6.45) is 12.1. The third-order valence-corrected chi connectivity index (χ3v) is 8.21. The summed E-state index contributed by atoms with van der Waals surface area (Å²) in [6.45, 7) is 23.0. The van der Waals surface area contributed by atoms with Crippen LogP contribution in [0.15, 0.2) is 108 Å². The van der Waals surface area contributed by atoms with Gasteiger partial charge in [0.05, 0.1) is 12.2 Å². The molecule has 0 fully saturated rings. The van der Waals surface area contributed by atoms with Gasteiger partial charge in [-0.3, -0.25) is 9.98 Å². The zero-order chi connectivity index (χ0) is 34.0. The van der Waals surface area contributed by atoms with E-state index in [4.69, 9.17) is 4.99 Å². The number of benzene rings is 2. The Bertz CT molecular complexity index is 1500. The van der Waals surface area contributed by atoms with Crippen LogP contribution in [0.2, 0.25) is 0 Å². The Morgan fingerprint density at radius 3 is 2.28 bits per heavy atom. The highest BCUT2D eigenvalue weighted by Crippen LogP contribution is 2.29. The second-order valence-corrected chi connectivity index (χ2v) is 12.3. The number of nitrogens with one attached hydrogen (secondary N) is 2. The predicted molar refractivity (Wildman–Crippen MR) is 206 cm³/mol. The van der Waals surface area contributed by atoms with Crippen LogP contribution in [0.1, 0.15) is 95.2 Å². The molecule has 6 nitrogen and oxygen atoms in total. The molecule has 0 aliphatic rings. The molecule has 1 aromatic heterocycles. The SMILES string of the molecule is C=C(CCC)CCN(C(=C)c1ccc(C)c(N=C(C)CNc2ccc(C(=NC)NC(=C)CCCCCCC)cc2)c1)c1ccccn1. The largest absolute Gasteiger partial charge is 0.380 e. The number of anilines is 2. The molecule has 47 heavy (non-hydrogen) atoms. The van der Waals surface area contributed by atoms with Crippen molar-refractivity contribution < 1.29 is 0 Å². The first-order valence-corrected chi connectivity index (χ1v) is 17.2. The summed E-state index contributed by atoms with van der Waals surface area (Å²) in [6, 6.07) is 20.7. The molecular weight excluding hydrogens is 576 g/mol. The van der Waals surface area contributed by atoms with E-state index in [1.54, 1.807) is 0 Å². The number of amidine groups is 1. The van der Waals surface area contributed by atoms with Crippen molar-refractivity contribution in [2.75, 3.05) is 30.4 Å². The van der Waals surface area contributed by atoms with Crippen LogP contribution < -0.4 is 15.5 Å². The zero-order valence-corrected chi connectivity index (χ0v) is 29.5. The van der Waals surface area contributed by atoms with E-state index >= 15 is 0 Å². The van der Waals surface area contributed by atoms with Crippen molar-refractivity contribution in [2.45, 2.75) is 85.5 Å². The van der Waals surface area contributed by atoms with Gasteiger partial charge >= 0.3 is 0 Å². The lowest BCUT2D eigenvalue weighted by atomic mass is 10.1. The number of aryl methyl sites for hydroxylation is 1. The summed E-state index contributed by atoms with van der Waals surface area (Å²) in [4.78, 5) is 16.3. The summed E-state index contributed by atoms with van der Waals surface area (Å²) in [5, 5.41) is 6.94. The molecule has 3 aromatic rings. The van der Waals surface area contributed by atoms with E-state index in [0.717, 1.165) is 95.5 Å². The molecule has 0 aliphatic carbocycles. The summed E-state index contributed by atoms with van der Waals surface area (Å²) >= 11 is 0. The molecule has 250 valence electrons. The molecule has 0 bridgehead atoms. The lowest BCUT2D eigenvalue weighted by Crippen LogP contribution is -2.23. The van der Waals surface area contributed by atoms with Crippen molar-refractivity contribution in [1.29, 1.82) is 0 Å². The van der Waals surface area contributed by atoms with E-state index in [0.29, 0.717) is 6.54 Å². The third-order valence-electron chi connectivity index (χ3n) is 8.21. The number of hydrogen-bond donors (Lipinski definition) is 2. The number of hydrogen-bond acceptors (Lipinski definition) is 5. The normalized spacial score (nSPS) is 11.7. The maximum Gasteiger partial charge on any atom is 0.132 e. The number of allylic oxidation sites excluding steroid dienone is 1. The molecule has 0 saturated carbocycles. The van der Waals surface area contributed by atoms with Gasteiger partial charge in [-0.15, -0.1) is 0 Å². The van der Waals surface area contributed by atoms with Crippen LogP contribution in [0.3, 0.4) is 0 Å². The molecule has 0 saturated heterocycles. The van der Waals surface area contributed by atoms with Gasteiger partial charge in [-0.05, 0) is 93.1 Å². The third kappa shape index (κ3) is 12.3. The predicted octanol–water partition coefficient (Wildman–Crippen LogP) is 10.7. The average Bonchev–Trinajstić information content (AvgIpc) is 3.08. The van der Waals surface area contributed by atoms with Gasteiger partial charge < -0.3 is 15.5 Å². The molecule has 0 radical (unpaired) electrons.